The van der Waals surface area contributed by atoms with Gasteiger partial charge in [-0.25, -0.2) is 4.39 Å². The Morgan fingerprint density at radius 1 is 1.20 bits per heavy atom. The van der Waals surface area contributed by atoms with Crippen molar-refractivity contribution in [2.75, 3.05) is 6.54 Å². The third-order valence-electron chi connectivity index (χ3n) is 2.80. The monoisotopic (exact) mass is 209 g/mol. The van der Waals surface area contributed by atoms with Crippen molar-refractivity contribution in [2.24, 2.45) is 5.73 Å². The first-order valence-corrected chi connectivity index (χ1v) is 5.45. The lowest BCUT2D eigenvalue weighted by Gasteiger charge is -2.22. The molecule has 0 aliphatic carbocycles. The molecule has 1 aromatic carbocycles. The number of alkyl halides is 1. The Balaban J connectivity index is 2.88. The van der Waals surface area contributed by atoms with Crippen LogP contribution in [0.5, 0.6) is 0 Å². The van der Waals surface area contributed by atoms with Crippen molar-refractivity contribution in [3.05, 3.63) is 34.9 Å². The summed E-state index contributed by atoms with van der Waals surface area (Å²) in [6, 6.07) is 6.16. The lowest BCUT2D eigenvalue weighted by atomic mass is 9.92. The first kappa shape index (κ1) is 12.2. The Morgan fingerprint density at radius 2 is 1.73 bits per heavy atom. The second kappa shape index (κ2) is 4.75. The van der Waals surface area contributed by atoms with E-state index in [0.29, 0.717) is 12.8 Å². The number of benzene rings is 1. The van der Waals surface area contributed by atoms with E-state index < -0.39 is 5.67 Å². The van der Waals surface area contributed by atoms with Gasteiger partial charge in [0.2, 0.25) is 0 Å². The summed E-state index contributed by atoms with van der Waals surface area (Å²) >= 11 is 0. The van der Waals surface area contributed by atoms with Crippen LogP contribution in [0.25, 0.3) is 0 Å². The van der Waals surface area contributed by atoms with Crippen LogP contribution in [0.4, 0.5) is 4.39 Å². The summed E-state index contributed by atoms with van der Waals surface area (Å²) in [6.07, 6.45) is 0.888. The summed E-state index contributed by atoms with van der Waals surface area (Å²) in [4.78, 5) is 0. The first-order chi connectivity index (χ1) is 6.99. The lowest BCUT2D eigenvalue weighted by Crippen LogP contribution is -2.34. The largest absolute Gasteiger partial charge is 0.328 e. The molecule has 2 N–H and O–H groups in total. The summed E-state index contributed by atoms with van der Waals surface area (Å²) in [5.74, 6) is 0. The number of rotatable bonds is 4. The van der Waals surface area contributed by atoms with Crippen LogP contribution in [0.3, 0.4) is 0 Å². The molecule has 15 heavy (non-hydrogen) atoms. The summed E-state index contributed by atoms with van der Waals surface area (Å²) in [6.45, 7) is 6.00. The van der Waals surface area contributed by atoms with E-state index in [-0.39, 0.29) is 6.54 Å². The minimum atomic E-state index is -1.25. The highest BCUT2D eigenvalue weighted by Gasteiger charge is 2.25. The molecule has 0 spiro atoms. The fraction of sp³-hybridized carbons (Fsp3) is 0.538. The van der Waals surface area contributed by atoms with Gasteiger partial charge in [0.25, 0.3) is 0 Å². The minimum absolute atomic E-state index is 0.0937. The van der Waals surface area contributed by atoms with Gasteiger partial charge in [-0.1, -0.05) is 36.2 Å². The van der Waals surface area contributed by atoms with E-state index in [1.807, 2.05) is 32.9 Å². The van der Waals surface area contributed by atoms with Crippen LogP contribution in [0.15, 0.2) is 18.2 Å². The van der Waals surface area contributed by atoms with Gasteiger partial charge in [-0.15, -0.1) is 0 Å². The zero-order valence-corrected chi connectivity index (χ0v) is 9.81. The zero-order chi connectivity index (χ0) is 11.5. The number of hydrogen-bond acceptors (Lipinski definition) is 1. The summed E-state index contributed by atoms with van der Waals surface area (Å²) in [7, 11) is 0. The molecular formula is C13H20FN. The highest BCUT2D eigenvalue weighted by Crippen LogP contribution is 2.22. The Labute approximate surface area is 91.5 Å². The van der Waals surface area contributed by atoms with Crippen LogP contribution >= 0.6 is 0 Å². The van der Waals surface area contributed by atoms with E-state index in [9.17, 15) is 4.39 Å². The number of halogens is 1. The molecule has 84 valence electrons. The highest BCUT2D eigenvalue weighted by molar-refractivity contribution is 5.29. The topological polar surface area (TPSA) is 26.0 Å². The average Bonchev–Trinajstić information content (AvgIpc) is 2.16. The molecule has 0 aliphatic rings. The molecule has 1 unspecified atom stereocenters. The second-order valence-electron chi connectivity index (χ2n) is 4.38. The Kier molecular flexibility index (Phi) is 3.86. The fourth-order valence-corrected chi connectivity index (χ4v) is 1.88. The quantitative estimate of drug-likeness (QED) is 0.810. The smallest absolute Gasteiger partial charge is 0.126 e. The van der Waals surface area contributed by atoms with Crippen molar-refractivity contribution in [1.29, 1.82) is 0 Å². The Morgan fingerprint density at radius 3 is 2.13 bits per heavy atom. The van der Waals surface area contributed by atoms with Gasteiger partial charge in [0.05, 0.1) is 0 Å². The van der Waals surface area contributed by atoms with Gasteiger partial charge >= 0.3 is 0 Å². The van der Waals surface area contributed by atoms with Gasteiger partial charge in [0.1, 0.15) is 5.67 Å². The van der Waals surface area contributed by atoms with E-state index in [1.54, 1.807) is 0 Å². The van der Waals surface area contributed by atoms with Crippen molar-refractivity contribution in [1.82, 2.24) is 0 Å². The maximum atomic E-state index is 14.1. The number of hydrogen-bond donors (Lipinski definition) is 1. The van der Waals surface area contributed by atoms with E-state index in [1.165, 1.54) is 11.1 Å². The summed E-state index contributed by atoms with van der Waals surface area (Å²) < 4.78 is 14.1. The molecule has 1 atom stereocenters. The number of aryl methyl sites for hydroxylation is 2. The van der Waals surface area contributed by atoms with Crippen LogP contribution < -0.4 is 5.73 Å². The van der Waals surface area contributed by atoms with Gasteiger partial charge in [-0.3, -0.25) is 0 Å². The molecule has 2 heteroatoms. The van der Waals surface area contributed by atoms with E-state index in [0.717, 1.165) is 5.56 Å². The number of nitrogens with two attached hydrogens (primary N) is 1. The van der Waals surface area contributed by atoms with E-state index in [4.69, 9.17) is 5.73 Å². The van der Waals surface area contributed by atoms with Gasteiger partial charge in [-0.2, -0.15) is 0 Å². The van der Waals surface area contributed by atoms with E-state index in [2.05, 4.69) is 6.07 Å². The van der Waals surface area contributed by atoms with Gasteiger partial charge in [0, 0.05) is 13.0 Å². The van der Waals surface area contributed by atoms with Crippen LogP contribution in [0, 0.1) is 13.8 Å². The lowest BCUT2D eigenvalue weighted by molar-refractivity contribution is 0.167. The Bertz CT molecular complexity index is 309. The molecule has 0 aliphatic heterocycles. The maximum absolute atomic E-state index is 14.1. The SMILES string of the molecule is CCC(F)(CN)Cc1cc(C)cc(C)c1. The standard InChI is InChI=1S/C13H20FN/c1-4-13(14,9-15)8-12-6-10(2)5-11(3)7-12/h5-7H,4,8-9,15H2,1-3H3. The maximum Gasteiger partial charge on any atom is 0.126 e. The minimum Gasteiger partial charge on any atom is -0.328 e. The zero-order valence-electron chi connectivity index (χ0n) is 9.81. The van der Waals surface area contributed by atoms with Crippen molar-refractivity contribution in [2.45, 2.75) is 39.3 Å². The molecular weight excluding hydrogens is 189 g/mol. The summed E-state index contributed by atoms with van der Waals surface area (Å²) in [5, 5.41) is 0. The molecule has 0 saturated carbocycles. The predicted octanol–water partition coefficient (Wildman–Crippen LogP) is 2.92. The Hall–Kier alpha value is -0.890. The first-order valence-electron chi connectivity index (χ1n) is 5.45. The molecule has 0 saturated heterocycles. The third kappa shape index (κ3) is 3.31. The molecule has 0 bridgehead atoms. The molecule has 0 radical (unpaired) electrons. The molecule has 0 aromatic heterocycles. The molecule has 1 rings (SSSR count). The molecule has 1 nitrogen and oxygen atoms in total. The highest BCUT2D eigenvalue weighted by atomic mass is 19.1. The van der Waals surface area contributed by atoms with Crippen molar-refractivity contribution < 1.29 is 4.39 Å². The summed E-state index contributed by atoms with van der Waals surface area (Å²) in [5.41, 5.74) is 7.62. The van der Waals surface area contributed by atoms with Crippen LogP contribution in [0.1, 0.15) is 30.0 Å². The van der Waals surface area contributed by atoms with Gasteiger partial charge in [0.15, 0.2) is 0 Å². The fourth-order valence-electron chi connectivity index (χ4n) is 1.88. The molecule has 0 fully saturated rings. The van der Waals surface area contributed by atoms with Crippen LogP contribution in [0.2, 0.25) is 0 Å². The van der Waals surface area contributed by atoms with Crippen LogP contribution in [-0.4, -0.2) is 12.2 Å². The average molecular weight is 209 g/mol. The molecule has 0 heterocycles. The van der Waals surface area contributed by atoms with E-state index >= 15 is 0 Å². The molecule has 0 amide bonds. The second-order valence-corrected chi connectivity index (χ2v) is 4.38. The van der Waals surface area contributed by atoms with Crippen LogP contribution in [-0.2, 0) is 6.42 Å². The van der Waals surface area contributed by atoms with Crippen molar-refractivity contribution in [3.63, 3.8) is 0 Å². The normalized spacial score (nSPS) is 15.0. The van der Waals surface area contributed by atoms with Gasteiger partial charge in [-0.05, 0) is 25.8 Å². The van der Waals surface area contributed by atoms with Gasteiger partial charge < -0.3 is 5.73 Å². The third-order valence-corrected chi connectivity index (χ3v) is 2.80. The molecule has 1 aromatic rings. The van der Waals surface area contributed by atoms with Crippen molar-refractivity contribution >= 4 is 0 Å². The predicted molar refractivity (Wildman–Crippen MR) is 62.8 cm³/mol. The van der Waals surface area contributed by atoms with Crippen molar-refractivity contribution in [3.8, 4) is 0 Å².